The van der Waals surface area contributed by atoms with Crippen LogP contribution in [0, 0.1) is 9.49 Å². The second-order valence-corrected chi connectivity index (χ2v) is 5.81. The highest BCUT2D eigenvalue weighted by Crippen LogP contribution is 2.36. The SMILES string of the molecule is CCC1CCCC(c2nc(O)c(I)c(=O)[nH]2)C1. The summed E-state index contributed by atoms with van der Waals surface area (Å²) >= 11 is 1.81. The first kappa shape index (κ1) is 12.9. The fraction of sp³-hybridized carbons (Fsp3) is 0.667. The number of hydrogen-bond acceptors (Lipinski definition) is 3. The molecule has 2 atom stereocenters. The molecular weight excluding hydrogens is 331 g/mol. The minimum absolute atomic E-state index is 0.136. The van der Waals surface area contributed by atoms with E-state index in [1.807, 2.05) is 22.6 Å². The Morgan fingerprint density at radius 3 is 2.94 bits per heavy atom. The Morgan fingerprint density at radius 2 is 2.29 bits per heavy atom. The van der Waals surface area contributed by atoms with Crippen LogP contribution >= 0.6 is 22.6 Å². The summed E-state index contributed by atoms with van der Waals surface area (Å²) in [6.07, 6.45) is 5.75. The summed E-state index contributed by atoms with van der Waals surface area (Å²) in [5, 5.41) is 9.60. The monoisotopic (exact) mass is 348 g/mol. The summed E-state index contributed by atoms with van der Waals surface area (Å²) in [6, 6.07) is 0. The lowest BCUT2D eigenvalue weighted by atomic mass is 9.80. The molecule has 0 saturated heterocycles. The number of halogens is 1. The van der Waals surface area contributed by atoms with Crippen molar-refractivity contribution in [2.75, 3.05) is 0 Å². The standard InChI is InChI=1S/C12H17IN2O2/c1-2-7-4-3-5-8(6-7)10-14-11(16)9(13)12(17)15-10/h7-8H,2-6H2,1H3,(H2,14,15,16,17). The van der Waals surface area contributed by atoms with E-state index in [0.29, 0.717) is 11.7 Å². The molecule has 5 heteroatoms. The van der Waals surface area contributed by atoms with Gasteiger partial charge in [0.15, 0.2) is 0 Å². The van der Waals surface area contributed by atoms with Crippen molar-refractivity contribution >= 4 is 22.6 Å². The first-order chi connectivity index (χ1) is 8.11. The second kappa shape index (κ2) is 5.37. The van der Waals surface area contributed by atoms with Gasteiger partial charge in [-0.15, -0.1) is 0 Å². The third-order valence-corrected chi connectivity index (χ3v) is 4.58. The fourth-order valence-electron chi connectivity index (χ4n) is 2.57. The molecule has 1 aromatic heterocycles. The molecule has 94 valence electrons. The van der Waals surface area contributed by atoms with Crippen LogP contribution in [-0.2, 0) is 0 Å². The van der Waals surface area contributed by atoms with Gasteiger partial charge in [0.1, 0.15) is 9.39 Å². The lowest BCUT2D eigenvalue weighted by Crippen LogP contribution is -2.21. The van der Waals surface area contributed by atoms with Crippen molar-refractivity contribution in [3.8, 4) is 5.88 Å². The van der Waals surface area contributed by atoms with Crippen LogP contribution in [0.2, 0.25) is 0 Å². The number of aromatic amines is 1. The predicted molar refractivity (Wildman–Crippen MR) is 74.2 cm³/mol. The van der Waals surface area contributed by atoms with Crippen LogP contribution in [0.15, 0.2) is 4.79 Å². The smallest absolute Gasteiger partial charge is 0.268 e. The van der Waals surface area contributed by atoms with E-state index in [2.05, 4.69) is 16.9 Å². The van der Waals surface area contributed by atoms with Gasteiger partial charge in [0.2, 0.25) is 5.88 Å². The van der Waals surface area contributed by atoms with Crippen LogP contribution in [0.25, 0.3) is 0 Å². The molecule has 0 radical (unpaired) electrons. The summed E-state index contributed by atoms with van der Waals surface area (Å²) in [4.78, 5) is 18.5. The third kappa shape index (κ3) is 2.81. The minimum Gasteiger partial charge on any atom is -0.492 e. The van der Waals surface area contributed by atoms with E-state index < -0.39 is 0 Å². The molecule has 2 unspecified atom stereocenters. The molecule has 4 nitrogen and oxygen atoms in total. The number of nitrogens with zero attached hydrogens (tertiary/aromatic N) is 1. The molecule has 2 rings (SSSR count). The molecule has 0 bridgehead atoms. The number of hydrogen-bond donors (Lipinski definition) is 2. The summed E-state index contributed by atoms with van der Waals surface area (Å²) in [5.41, 5.74) is -0.230. The van der Waals surface area contributed by atoms with Gasteiger partial charge in [-0.1, -0.05) is 26.2 Å². The Morgan fingerprint density at radius 1 is 1.53 bits per heavy atom. The van der Waals surface area contributed by atoms with Crippen LogP contribution in [0.4, 0.5) is 0 Å². The van der Waals surface area contributed by atoms with Gasteiger partial charge in [0.05, 0.1) is 0 Å². The zero-order valence-corrected chi connectivity index (χ0v) is 12.0. The van der Waals surface area contributed by atoms with Crippen LogP contribution in [0.5, 0.6) is 5.88 Å². The Labute approximate surface area is 114 Å². The van der Waals surface area contributed by atoms with E-state index in [4.69, 9.17) is 0 Å². The summed E-state index contributed by atoms with van der Waals surface area (Å²) < 4.78 is 0.272. The normalized spacial score (nSPS) is 24.8. The molecule has 1 aliphatic carbocycles. The highest BCUT2D eigenvalue weighted by molar-refractivity contribution is 14.1. The van der Waals surface area contributed by atoms with E-state index in [9.17, 15) is 9.90 Å². The highest BCUT2D eigenvalue weighted by Gasteiger charge is 2.24. The van der Waals surface area contributed by atoms with Gasteiger partial charge in [0, 0.05) is 5.92 Å². The number of nitrogens with one attached hydrogen (secondary N) is 1. The maximum atomic E-state index is 11.6. The predicted octanol–water partition coefficient (Wildman–Crippen LogP) is 2.76. The van der Waals surface area contributed by atoms with Crippen LogP contribution < -0.4 is 5.56 Å². The molecule has 1 aromatic rings. The molecule has 1 saturated carbocycles. The van der Waals surface area contributed by atoms with Crippen molar-refractivity contribution in [3.05, 3.63) is 19.7 Å². The van der Waals surface area contributed by atoms with E-state index in [0.717, 1.165) is 18.8 Å². The molecule has 1 aliphatic rings. The highest BCUT2D eigenvalue weighted by atomic mass is 127. The van der Waals surface area contributed by atoms with E-state index in [-0.39, 0.29) is 15.0 Å². The average molecular weight is 348 g/mol. The van der Waals surface area contributed by atoms with E-state index in [1.165, 1.54) is 19.3 Å². The molecule has 0 amide bonds. The average Bonchev–Trinajstić information content (AvgIpc) is 2.35. The number of aromatic hydroxyl groups is 1. The third-order valence-electron chi connectivity index (χ3n) is 3.61. The fourth-order valence-corrected chi connectivity index (χ4v) is 2.82. The molecule has 17 heavy (non-hydrogen) atoms. The van der Waals surface area contributed by atoms with Gasteiger partial charge in [-0.3, -0.25) is 4.79 Å². The maximum absolute atomic E-state index is 11.6. The lowest BCUT2D eigenvalue weighted by molar-refractivity contribution is 0.304. The lowest BCUT2D eigenvalue weighted by Gasteiger charge is -2.27. The van der Waals surface area contributed by atoms with Gasteiger partial charge in [0.25, 0.3) is 5.56 Å². The second-order valence-electron chi connectivity index (χ2n) is 4.73. The van der Waals surface area contributed by atoms with Gasteiger partial charge in [-0.25, -0.2) is 0 Å². The van der Waals surface area contributed by atoms with Crippen LogP contribution in [0.1, 0.15) is 50.8 Å². The summed E-state index contributed by atoms with van der Waals surface area (Å²) in [6.45, 7) is 2.20. The van der Waals surface area contributed by atoms with Gasteiger partial charge in [-0.05, 0) is 41.4 Å². The van der Waals surface area contributed by atoms with Crippen LogP contribution in [0.3, 0.4) is 0 Å². The largest absolute Gasteiger partial charge is 0.492 e. The van der Waals surface area contributed by atoms with Crippen molar-refractivity contribution in [3.63, 3.8) is 0 Å². The minimum atomic E-state index is -0.230. The maximum Gasteiger partial charge on any atom is 0.268 e. The Hall–Kier alpha value is -0.590. The summed E-state index contributed by atoms with van der Waals surface area (Å²) in [5.74, 6) is 1.54. The van der Waals surface area contributed by atoms with Crippen LogP contribution in [-0.4, -0.2) is 15.1 Å². The Bertz CT molecular complexity index is 458. The molecule has 1 heterocycles. The topological polar surface area (TPSA) is 66.0 Å². The van der Waals surface area contributed by atoms with E-state index in [1.54, 1.807) is 0 Å². The molecule has 0 aliphatic heterocycles. The quantitative estimate of drug-likeness (QED) is 0.808. The molecule has 2 N–H and O–H groups in total. The van der Waals surface area contributed by atoms with Gasteiger partial charge in [-0.2, -0.15) is 4.98 Å². The molecule has 0 spiro atoms. The van der Waals surface area contributed by atoms with Crippen molar-refractivity contribution < 1.29 is 5.11 Å². The van der Waals surface area contributed by atoms with Gasteiger partial charge >= 0.3 is 0 Å². The summed E-state index contributed by atoms with van der Waals surface area (Å²) in [7, 11) is 0. The van der Waals surface area contributed by atoms with Crippen molar-refractivity contribution in [1.29, 1.82) is 0 Å². The Kier molecular flexibility index (Phi) is 4.06. The number of rotatable bonds is 2. The molecule has 1 fully saturated rings. The Balaban J connectivity index is 2.25. The van der Waals surface area contributed by atoms with E-state index >= 15 is 0 Å². The zero-order valence-electron chi connectivity index (χ0n) is 9.87. The first-order valence-electron chi connectivity index (χ1n) is 6.10. The number of H-pyrrole nitrogens is 1. The van der Waals surface area contributed by atoms with Gasteiger partial charge < -0.3 is 10.1 Å². The molecule has 0 aromatic carbocycles. The van der Waals surface area contributed by atoms with Crippen molar-refractivity contribution in [2.24, 2.45) is 5.92 Å². The zero-order chi connectivity index (χ0) is 12.4. The first-order valence-corrected chi connectivity index (χ1v) is 7.18. The number of aromatic nitrogens is 2. The molecular formula is C12H17IN2O2. The van der Waals surface area contributed by atoms with Crippen molar-refractivity contribution in [2.45, 2.75) is 44.9 Å². The van der Waals surface area contributed by atoms with Crippen molar-refractivity contribution in [1.82, 2.24) is 9.97 Å².